The molecule has 0 amide bonds. The Kier molecular flexibility index (Phi) is 5.03. The molecular weight excluding hydrogens is 200 g/mol. The third-order valence-electron chi connectivity index (χ3n) is 3.33. The van der Waals surface area contributed by atoms with Crippen LogP contribution in [0.1, 0.15) is 33.1 Å². The van der Waals surface area contributed by atoms with E-state index in [0.29, 0.717) is 0 Å². The van der Waals surface area contributed by atoms with Gasteiger partial charge in [0.25, 0.3) is 0 Å². The maximum atomic E-state index is 8.80. The SMILES string of the molecule is CCN(CCCCO)C1(C)C=CC(N)=CC1. The summed E-state index contributed by atoms with van der Waals surface area (Å²) >= 11 is 0. The molecule has 3 nitrogen and oxygen atoms in total. The molecule has 1 aliphatic rings. The molecule has 0 aromatic carbocycles. The van der Waals surface area contributed by atoms with Crippen molar-refractivity contribution in [3.8, 4) is 0 Å². The Morgan fingerprint density at radius 1 is 1.50 bits per heavy atom. The summed E-state index contributed by atoms with van der Waals surface area (Å²) in [5.41, 5.74) is 6.70. The fraction of sp³-hybridized carbons (Fsp3) is 0.692. The number of rotatable bonds is 6. The lowest BCUT2D eigenvalue weighted by atomic mass is 9.90. The van der Waals surface area contributed by atoms with Crippen molar-refractivity contribution in [1.82, 2.24) is 4.90 Å². The Bertz CT molecular complexity index is 273. The van der Waals surface area contributed by atoms with Crippen LogP contribution in [0.15, 0.2) is 23.9 Å². The van der Waals surface area contributed by atoms with Crippen molar-refractivity contribution in [1.29, 1.82) is 0 Å². The quantitative estimate of drug-likeness (QED) is 0.674. The molecule has 3 N–H and O–H groups in total. The molecule has 1 unspecified atom stereocenters. The summed E-state index contributed by atoms with van der Waals surface area (Å²) in [5, 5.41) is 8.80. The number of unbranched alkanes of at least 4 members (excludes halogenated alkanes) is 1. The Hall–Kier alpha value is -0.800. The van der Waals surface area contributed by atoms with Crippen molar-refractivity contribution in [3.05, 3.63) is 23.9 Å². The maximum absolute atomic E-state index is 8.80. The van der Waals surface area contributed by atoms with Gasteiger partial charge in [-0.25, -0.2) is 0 Å². The topological polar surface area (TPSA) is 49.5 Å². The number of allylic oxidation sites excluding steroid dienone is 1. The van der Waals surface area contributed by atoms with Gasteiger partial charge in [0, 0.05) is 17.8 Å². The summed E-state index contributed by atoms with van der Waals surface area (Å²) in [6, 6.07) is 0. The van der Waals surface area contributed by atoms with E-state index in [1.165, 1.54) is 0 Å². The average Bonchev–Trinajstić information content (AvgIpc) is 2.29. The molecule has 0 fully saturated rings. The van der Waals surface area contributed by atoms with Gasteiger partial charge in [0.2, 0.25) is 0 Å². The van der Waals surface area contributed by atoms with Crippen LogP contribution < -0.4 is 5.73 Å². The molecule has 92 valence electrons. The molecule has 0 aliphatic heterocycles. The van der Waals surface area contributed by atoms with Gasteiger partial charge in [0.15, 0.2) is 0 Å². The standard InChI is InChI=1S/C13H24N2O/c1-3-15(10-4-5-11-16)13(2)8-6-12(14)7-9-13/h6-8,16H,3-5,9-11,14H2,1-2H3. The predicted octanol–water partition coefficient (Wildman–Crippen LogP) is 1.64. The van der Waals surface area contributed by atoms with Crippen LogP contribution in [0, 0.1) is 0 Å². The highest BCUT2D eigenvalue weighted by molar-refractivity contribution is 5.26. The summed E-state index contributed by atoms with van der Waals surface area (Å²) < 4.78 is 0. The molecule has 16 heavy (non-hydrogen) atoms. The minimum Gasteiger partial charge on any atom is -0.399 e. The molecule has 3 heteroatoms. The largest absolute Gasteiger partial charge is 0.399 e. The third-order valence-corrected chi connectivity index (χ3v) is 3.33. The molecule has 1 rings (SSSR count). The third kappa shape index (κ3) is 3.35. The maximum Gasteiger partial charge on any atom is 0.0431 e. The van der Waals surface area contributed by atoms with E-state index in [4.69, 9.17) is 10.8 Å². The monoisotopic (exact) mass is 224 g/mol. The lowest BCUT2D eigenvalue weighted by Gasteiger charge is -2.39. The van der Waals surface area contributed by atoms with Crippen molar-refractivity contribution in [2.45, 2.75) is 38.6 Å². The molecule has 0 spiro atoms. The molecule has 0 heterocycles. The van der Waals surface area contributed by atoms with E-state index < -0.39 is 0 Å². The zero-order chi connectivity index (χ0) is 12.0. The van der Waals surface area contributed by atoms with Crippen LogP contribution in [0.25, 0.3) is 0 Å². The second-order valence-electron chi connectivity index (χ2n) is 4.61. The number of likely N-dealkylation sites (N-methyl/N-ethyl adjacent to an activating group) is 1. The summed E-state index contributed by atoms with van der Waals surface area (Å²) in [6.07, 6.45) is 9.20. The van der Waals surface area contributed by atoms with Gasteiger partial charge in [0.1, 0.15) is 0 Å². The zero-order valence-electron chi connectivity index (χ0n) is 10.4. The lowest BCUT2D eigenvalue weighted by molar-refractivity contribution is 0.147. The van der Waals surface area contributed by atoms with Gasteiger partial charge in [-0.1, -0.05) is 19.1 Å². The highest BCUT2D eigenvalue weighted by Gasteiger charge is 2.28. The zero-order valence-corrected chi connectivity index (χ0v) is 10.4. The molecule has 0 bridgehead atoms. The lowest BCUT2D eigenvalue weighted by Crippen LogP contribution is -2.46. The van der Waals surface area contributed by atoms with Crippen molar-refractivity contribution in [2.75, 3.05) is 19.7 Å². The Labute approximate surface area is 98.6 Å². The molecule has 0 saturated carbocycles. The predicted molar refractivity (Wildman–Crippen MR) is 68.0 cm³/mol. The van der Waals surface area contributed by atoms with E-state index in [-0.39, 0.29) is 12.1 Å². The van der Waals surface area contributed by atoms with Gasteiger partial charge < -0.3 is 10.8 Å². The van der Waals surface area contributed by atoms with E-state index in [9.17, 15) is 0 Å². The second-order valence-corrected chi connectivity index (χ2v) is 4.61. The van der Waals surface area contributed by atoms with Gasteiger partial charge in [-0.15, -0.1) is 0 Å². The van der Waals surface area contributed by atoms with Crippen LogP contribution in [0.2, 0.25) is 0 Å². The van der Waals surface area contributed by atoms with Crippen molar-refractivity contribution in [3.63, 3.8) is 0 Å². The molecule has 0 aromatic heterocycles. The molecule has 1 aliphatic carbocycles. The fourth-order valence-electron chi connectivity index (χ4n) is 2.16. The highest BCUT2D eigenvalue weighted by atomic mass is 16.2. The van der Waals surface area contributed by atoms with Crippen LogP contribution in [0.4, 0.5) is 0 Å². The van der Waals surface area contributed by atoms with E-state index >= 15 is 0 Å². The molecule has 0 saturated heterocycles. The smallest absolute Gasteiger partial charge is 0.0431 e. The highest BCUT2D eigenvalue weighted by Crippen LogP contribution is 2.26. The van der Waals surface area contributed by atoms with Gasteiger partial charge in [-0.2, -0.15) is 0 Å². The summed E-state index contributed by atoms with van der Waals surface area (Å²) in [6.45, 7) is 6.78. The molecule has 0 aromatic rings. The van der Waals surface area contributed by atoms with Crippen LogP contribution in [0.3, 0.4) is 0 Å². The Balaban J connectivity index is 2.55. The Morgan fingerprint density at radius 2 is 2.25 bits per heavy atom. The summed E-state index contributed by atoms with van der Waals surface area (Å²) in [7, 11) is 0. The average molecular weight is 224 g/mol. The number of hydrogen-bond acceptors (Lipinski definition) is 3. The van der Waals surface area contributed by atoms with E-state index in [1.54, 1.807) is 0 Å². The number of hydrogen-bond donors (Lipinski definition) is 2. The van der Waals surface area contributed by atoms with Gasteiger partial charge in [-0.05, 0) is 45.4 Å². The minimum atomic E-state index is 0.0904. The first-order chi connectivity index (χ1) is 7.62. The fourth-order valence-corrected chi connectivity index (χ4v) is 2.16. The van der Waals surface area contributed by atoms with Crippen LogP contribution in [0.5, 0.6) is 0 Å². The molecule has 0 radical (unpaired) electrons. The summed E-state index contributed by atoms with van der Waals surface area (Å²) in [4.78, 5) is 2.45. The number of nitrogens with two attached hydrogens (primary N) is 1. The molecular formula is C13H24N2O. The number of aliphatic hydroxyl groups excluding tert-OH is 1. The van der Waals surface area contributed by atoms with Crippen molar-refractivity contribution < 1.29 is 5.11 Å². The summed E-state index contributed by atoms with van der Waals surface area (Å²) in [5.74, 6) is 0. The van der Waals surface area contributed by atoms with Gasteiger partial charge in [0.05, 0.1) is 0 Å². The number of nitrogens with zero attached hydrogens (tertiary/aromatic N) is 1. The van der Waals surface area contributed by atoms with Gasteiger partial charge >= 0.3 is 0 Å². The van der Waals surface area contributed by atoms with Crippen molar-refractivity contribution >= 4 is 0 Å². The van der Waals surface area contributed by atoms with Crippen LogP contribution in [-0.4, -0.2) is 35.2 Å². The van der Waals surface area contributed by atoms with Gasteiger partial charge in [-0.3, -0.25) is 4.90 Å². The number of aliphatic hydroxyl groups is 1. The first-order valence-electron chi connectivity index (χ1n) is 6.13. The van der Waals surface area contributed by atoms with Crippen molar-refractivity contribution in [2.24, 2.45) is 5.73 Å². The first-order valence-corrected chi connectivity index (χ1v) is 6.13. The Morgan fingerprint density at radius 3 is 2.75 bits per heavy atom. The van der Waals surface area contributed by atoms with Crippen LogP contribution in [-0.2, 0) is 0 Å². The van der Waals surface area contributed by atoms with E-state index in [0.717, 1.165) is 38.0 Å². The second kappa shape index (κ2) is 6.06. The minimum absolute atomic E-state index is 0.0904. The first kappa shape index (κ1) is 13.3. The van der Waals surface area contributed by atoms with E-state index in [1.807, 2.05) is 6.08 Å². The normalized spacial score (nSPS) is 24.9. The molecule has 1 atom stereocenters. The van der Waals surface area contributed by atoms with Crippen LogP contribution >= 0.6 is 0 Å². The van der Waals surface area contributed by atoms with E-state index in [2.05, 4.69) is 30.9 Å².